The van der Waals surface area contributed by atoms with Gasteiger partial charge < -0.3 is 24.4 Å². The first-order valence-corrected chi connectivity index (χ1v) is 7.94. The normalized spacial score (nSPS) is 10.3. The molecule has 0 aliphatic heterocycles. The van der Waals surface area contributed by atoms with Crippen LogP contribution in [0.1, 0.15) is 15.9 Å². The van der Waals surface area contributed by atoms with E-state index in [1.807, 2.05) is 0 Å². The maximum Gasteiger partial charge on any atom is 0.339 e. The van der Waals surface area contributed by atoms with Crippen molar-refractivity contribution in [3.63, 3.8) is 0 Å². The average Bonchev–Trinajstić information content (AvgIpc) is 2.70. The number of nitrogens with one attached hydrogen (secondary N) is 1. The molecule has 0 heterocycles. The zero-order valence-corrected chi connectivity index (χ0v) is 15.2. The monoisotopic (exact) mass is 372 g/mol. The molecule has 0 aromatic heterocycles. The lowest BCUT2D eigenvalue weighted by molar-refractivity contribution is -0.120. The molecule has 142 valence electrons. The molecule has 2 aromatic rings. The lowest BCUT2D eigenvalue weighted by Gasteiger charge is -2.10. The van der Waals surface area contributed by atoms with E-state index >= 15 is 0 Å². The van der Waals surface area contributed by atoms with Gasteiger partial charge in [0.05, 0.1) is 38.8 Å². The van der Waals surface area contributed by atoms with Gasteiger partial charge in [-0.05, 0) is 24.3 Å². The molecule has 0 unspecified atom stereocenters. The third-order valence-corrected chi connectivity index (χ3v) is 3.50. The van der Waals surface area contributed by atoms with E-state index in [2.05, 4.69) is 15.2 Å². The Kier molecular flexibility index (Phi) is 7.18. The quantitative estimate of drug-likeness (QED) is 0.434. The second-order valence-electron chi connectivity index (χ2n) is 5.18. The Labute approximate surface area is 156 Å². The number of carbonyl (C=O) groups is 2. The number of amides is 1. The summed E-state index contributed by atoms with van der Waals surface area (Å²) >= 11 is 0. The fourth-order valence-corrected chi connectivity index (χ4v) is 2.27. The number of nitrogens with zero attached hydrogens (tertiary/aromatic N) is 1. The summed E-state index contributed by atoms with van der Waals surface area (Å²) < 4.78 is 15.2. The smallest absolute Gasteiger partial charge is 0.339 e. The Morgan fingerprint density at radius 2 is 1.81 bits per heavy atom. The van der Waals surface area contributed by atoms with Crippen LogP contribution in [0.2, 0.25) is 0 Å². The molecule has 1 N–H and O–H groups in total. The number of para-hydroxylation sites is 2. The van der Waals surface area contributed by atoms with Gasteiger partial charge in [-0.3, -0.25) is 4.79 Å². The van der Waals surface area contributed by atoms with Crippen LogP contribution in [-0.2, 0) is 14.4 Å². The molecule has 8 heteroatoms. The largest absolute Gasteiger partial charge is 0.493 e. The molecule has 2 aromatic carbocycles. The van der Waals surface area contributed by atoms with Crippen molar-refractivity contribution in [3.8, 4) is 11.5 Å². The van der Waals surface area contributed by atoms with Crippen LogP contribution in [0, 0.1) is 0 Å². The van der Waals surface area contributed by atoms with E-state index < -0.39 is 11.9 Å². The number of oxime groups is 1. The molecule has 1 amide bonds. The number of ether oxygens (including phenoxy) is 3. The molecule has 0 radical (unpaired) electrons. The summed E-state index contributed by atoms with van der Waals surface area (Å²) in [6, 6.07) is 11.8. The van der Waals surface area contributed by atoms with Gasteiger partial charge in [0.1, 0.15) is 0 Å². The number of rotatable bonds is 8. The minimum Gasteiger partial charge on any atom is -0.493 e. The Bertz CT molecular complexity index is 835. The summed E-state index contributed by atoms with van der Waals surface area (Å²) in [6.45, 7) is -0.335. The van der Waals surface area contributed by atoms with Crippen molar-refractivity contribution in [1.82, 2.24) is 0 Å². The highest BCUT2D eigenvalue weighted by molar-refractivity contribution is 6.01. The Morgan fingerprint density at radius 3 is 2.52 bits per heavy atom. The molecule has 0 atom stereocenters. The van der Waals surface area contributed by atoms with E-state index in [1.54, 1.807) is 42.5 Å². The Balaban J connectivity index is 1.96. The van der Waals surface area contributed by atoms with E-state index in [0.29, 0.717) is 22.7 Å². The molecule has 2 rings (SSSR count). The number of esters is 1. The van der Waals surface area contributed by atoms with Crippen LogP contribution < -0.4 is 14.8 Å². The summed E-state index contributed by atoms with van der Waals surface area (Å²) in [7, 11) is 4.32. The number of hydrogen-bond acceptors (Lipinski definition) is 7. The summed E-state index contributed by atoms with van der Waals surface area (Å²) in [6.07, 6.45) is 1.41. The zero-order valence-electron chi connectivity index (χ0n) is 15.2. The van der Waals surface area contributed by atoms with E-state index in [9.17, 15) is 9.59 Å². The van der Waals surface area contributed by atoms with Crippen LogP contribution in [-0.4, -0.2) is 46.0 Å². The summed E-state index contributed by atoms with van der Waals surface area (Å²) in [5.41, 5.74) is 1.21. The van der Waals surface area contributed by atoms with Gasteiger partial charge in [-0.2, -0.15) is 0 Å². The number of anilines is 1. The lowest BCUT2D eigenvalue weighted by atomic mass is 10.2. The third-order valence-electron chi connectivity index (χ3n) is 3.50. The van der Waals surface area contributed by atoms with Gasteiger partial charge in [-0.1, -0.05) is 23.4 Å². The van der Waals surface area contributed by atoms with Gasteiger partial charge in [0, 0.05) is 5.56 Å². The average molecular weight is 372 g/mol. The van der Waals surface area contributed by atoms with Crippen LogP contribution in [0.5, 0.6) is 11.5 Å². The molecule has 0 aliphatic carbocycles. The van der Waals surface area contributed by atoms with Crippen molar-refractivity contribution in [2.75, 3.05) is 33.3 Å². The molecule has 0 saturated carbocycles. The second kappa shape index (κ2) is 9.81. The lowest BCUT2D eigenvalue weighted by Crippen LogP contribution is -2.19. The summed E-state index contributed by atoms with van der Waals surface area (Å²) in [5, 5.41) is 6.35. The van der Waals surface area contributed by atoms with Gasteiger partial charge in [-0.15, -0.1) is 0 Å². The van der Waals surface area contributed by atoms with Gasteiger partial charge in [-0.25, -0.2) is 4.79 Å². The standard InChI is InChI=1S/C19H20N2O6/c1-24-16-10-6-7-13(18(16)25-2)11-20-27-12-17(22)21-15-9-5-4-8-14(15)19(23)26-3/h4-11H,12H2,1-3H3,(H,21,22)/b20-11-. The van der Waals surface area contributed by atoms with E-state index in [-0.39, 0.29) is 12.2 Å². The minimum atomic E-state index is -0.546. The van der Waals surface area contributed by atoms with Gasteiger partial charge in [0.2, 0.25) is 0 Å². The molecule has 0 aliphatic rings. The summed E-state index contributed by atoms with van der Waals surface area (Å²) in [4.78, 5) is 28.7. The zero-order chi connectivity index (χ0) is 19.6. The van der Waals surface area contributed by atoms with Gasteiger partial charge in [0.25, 0.3) is 5.91 Å². The van der Waals surface area contributed by atoms with Crippen molar-refractivity contribution in [2.45, 2.75) is 0 Å². The first kappa shape index (κ1) is 19.8. The van der Waals surface area contributed by atoms with Crippen molar-refractivity contribution < 1.29 is 28.6 Å². The number of carbonyl (C=O) groups excluding carboxylic acids is 2. The number of benzene rings is 2. The molecule has 0 fully saturated rings. The fourth-order valence-electron chi connectivity index (χ4n) is 2.27. The van der Waals surface area contributed by atoms with Crippen molar-refractivity contribution in [1.29, 1.82) is 0 Å². The predicted molar refractivity (Wildman–Crippen MR) is 99.5 cm³/mol. The maximum absolute atomic E-state index is 12.0. The van der Waals surface area contributed by atoms with Crippen molar-refractivity contribution >= 4 is 23.8 Å². The topological polar surface area (TPSA) is 95.5 Å². The van der Waals surface area contributed by atoms with E-state index in [0.717, 1.165) is 0 Å². The molecule has 27 heavy (non-hydrogen) atoms. The van der Waals surface area contributed by atoms with Crippen LogP contribution in [0.3, 0.4) is 0 Å². The van der Waals surface area contributed by atoms with Crippen LogP contribution in [0.4, 0.5) is 5.69 Å². The first-order valence-electron chi connectivity index (χ1n) is 7.94. The second-order valence-corrected chi connectivity index (χ2v) is 5.18. The molecule has 0 bridgehead atoms. The minimum absolute atomic E-state index is 0.248. The van der Waals surface area contributed by atoms with Crippen molar-refractivity contribution in [3.05, 3.63) is 53.6 Å². The molecule has 0 spiro atoms. The van der Waals surface area contributed by atoms with E-state index in [4.69, 9.17) is 14.3 Å². The molecule has 0 saturated heterocycles. The summed E-state index contributed by atoms with van der Waals surface area (Å²) in [5.74, 6) is 0.0403. The Morgan fingerprint density at radius 1 is 1.04 bits per heavy atom. The van der Waals surface area contributed by atoms with Crippen LogP contribution in [0.15, 0.2) is 47.6 Å². The highest BCUT2D eigenvalue weighted by atomic mass is 16.6. The SMILES string of the molecule is COC(=O)c1ccccc1NC(=O)CO/N=C\c1cccc(OC)c1OC. The number of methoxy groups -OCH3 is 3. The Hall–Kier alpha value is -3.55. The maximum atomic E-state index is 12.0. The first-order chi connectivity index (χ1) is 13.1. The van der Waals surface area contributed by atoms with Crippen molar-refractivity contribution in [2.24, 2.45) is 5.16 Å². The highest BCUT2D eigenvalue weighted by Crippen LogP contribution is 2.29. The molecular formula is C19H20N2O6. The molecular weight excluding hydrogens is 352 g/mol. The van der Waals surface area contributed by atoms with Crippen LogP contribution >= 0.6 is 0 Å². The van der Waals surface area contributed by atoms with Crippen LogP contribution in [0.25, 0.3) is 0 Å². The van der Waals surface area contributed by atoms with Gasteiger partial charge in [0.15, 0.2) is 18.1 Å². The predicted octanol–water partition coefficient (Wildman–Crippen LogP) is 2.48. The highest BCUT2D eigenvalue weighted by Gasteiger charge is 2.13. The fraction of sp³-hybridized carbons (Fsp3) is 0.211. The van der Waals surface area contributed by atoms with Gasteiger partial charge >= 0.3 is 5.97 Å². The molecule has 8 nitrogen and oxygen atoms in total. The number of hydrogen-bond donors (Lipinski definition) is 1. The third kappa shape index (κ3) is 5.21. The van der Waals surface area contributed by atoms with E-state index in [1.165, 1.54) is 27.5 Å².